The minimum atomic E-state index is -3.46. The molecule has 1 N–H and O–H groups in total. The van der Waals surface area contributed by atoms with Gasteiger partial charge in [0.15, 0.2) is 0 Å². The molecule has 0 aromatic heterocycles. The molecule has 0 aliphatic heterocycles. The molecule has 6 heteroatoms. The molecule has 0 saturated carbocycles. The standard InChI is InChI=1S/C6H16N2O3S/c1-5-11-7-12(9,10)8(4)6(2)3/h6-7H,5H2,1-4H3. The predicted octanol–water partition coefficient (Wildman–Crippen LogP) is 0.113. The largest absolute Gasteiger partial charge is 0.301 e. The summed E-state index contributed by atoms with van der Waals surface area (Å²) in [6.45, 7) is 5.58. The van der Waals surface area contributed by atoms with Crippen molar-refractivity contribution in [2.45, 2.75) is 26.8 Å². The van der Waals surface area contributed by atoms with E-state index in [1.165, 1.54) is 11.4 Å². The predicted molar refractivity (Wildman–Crippen MR) is 46.6 cm³/mol. The van der Waals surface area contributed by atoms with Crippen LogP contribution >= 0.6 is 0 Å². The first-order valence-corrected chi connectivity index (χ1v) is 5.22. The SMILES string of the molecule is CCONS(=O)(=O)N(C)C(C)C. The molecule has 0 atom stereocenters. The van der Waals surface area contributed by atoms with Crippen LogP contribution in [0.25, 0.3) is 0 Å². The second-order valence-corrected chi connectivity index (χ2v) is 4.32. The van der Waals surface area contributed by atoms with Crippen molar-refractivity contribution in [3.63, 3.8) is 0 Å². The smallest absolute Gasteiger partial charge is 0.286 e. The Labute approximate surface area is 73.8 Å². The highest BCUT2D eigenvalue weighted by atomic mass is 32.2. The molecule has 0 bridgehead atoms. The van der Waals surface area contributed by atoms with Crippen molar-refractivity contribution < 1.29 is 13.3 Å². The van der Waals surface area contributed by atoms with E-state index >= 15 is 0 Å². The zero-order valence-corrected chi connectivity index (χ0v) is 8.68. The summed E-state index contributed by atoms with van der Waals surface area (Å²) >= 11 is 0. The van der Waals surface area contributed by atoms with E-state index in [-0.39, 0.29) is 6.04 Å². The summed E-state index contributed by atoms with van der Waals surface area (Å²) in [6.07, 6.45) is 0. The van der Waals surface area contributed by atoms with E-state index in [0.717, 1.165) is 0 Å². The van der Waals surface area contributed by atoms with Gasteiger partial charge in [0.25, 0.3) is 0 Å². The lowest BCUT2D eigenvalue weighted by Crippen LogP contribution is -2.41. The molecule has 5 nitrogen and oxygen atoms in total. The molecule has 0 aliphatic carbocycles. The maximum Gasteiger partial charge on any atom is 0.301 e. The molecule has 0 aliphatic rings. The van der Waals surface area contributed by atoms with Crippen LogP contribution in [-0.2, 0) is 15.0 Å². The second kappa shape index (κ2) is 4.76. The van der Waals surface area contributed by atoms with Crippen LogP contribution < -0.4 is 4.89 Å². The maximum absolute atomic E-state index is 11.2. The quantitative estimate of drug-likeness (QED) is 0.635. The average molecular weight is 196 g/mol. The topological polar surface area (TPSA) is 58.6 Å². The molecule has 0 aromatic rings. The lowest BCUT2D eigenvalue weighted by atomic mass is 10.4. The summed E-state index contributed by atoms with van der Waals surface area (Å²) in [6, 6.07) is -0.0806. The summed E-state index contributed by atoms with van der Waals surface area (Å²) < 4.78 is 23.6. The highest BCUT2D eigenvalue weighted by Crippen LogP contribution is 1.99. The Balaban J connectivity index is 4.21. The van der Waals surface area contributed by atoms with E-state index < -0.39 is 10.2 Å². The lowest BCUT2D eigenvalue weighted by Gasteiger charge is -2.20. The van der Waals surface area contributed by atoms with Gasteiger partial charge in [-0.2, -0.15) is 12.7 Å². The van der Waals surface area contributed by atoms with Crippen LogP contribution in [-0.4, -0.2) is 32.4 Å². The van der Waals surface area contributed by atoms with Gasteiger partial charge in [0.2, 0.25) is 0 Å². The Morgan fingerprint density at radius 1 is 1.50 bits per heavy atom. The molecule has 0 spiro atoms. The highest BCUT2D eigenvalue weighted by Gasteiger charge is 2.19. The first-order valence-electron chi connectivity index (χ1n) is 3.78. The molecule has 74 valence electrons. The van der Waals surface area contributed by atoms with Gasteiger partial charge in [-0.1, -0.05) is 4.89 Å². The molecule has 0 amide bonds. The van der Waals surface area contributed by atoms with Gasteiger partial charge in [0, 0.05) is 13.1 Å². The van der Waals surface area contributed by atoms with Crippen LogP contribution in [0.5, 0.6) is 0 Å². The monoisotopic (exact) mass is 196 g/mol. The van der Waals surface area contributed by atoms with Crippen molar-refractivity contribution in [2.24, 2.45) is 0 Å². The Kier molecular flexibility index (Phi) is 4.69. The molecule has 0 fully saturated rings. The summed E-state index contributed by atoms with van der Waals surface area (Å²) in [4.78, 5) is 6.58. The number of nitrogens with one attached hydrogen (secondary N) is 1. The fraction of sp³-hybridized carbons (Fsp3) is 1.00. The third kappa shape index (κ3) is 3.48. The Bertz CT molecular complexity index is 213. The minimum Gasteiger partial charge on any atom is -0.286 e. The van der Waals surface area contributed by atoms with Gasteiger partial charge in [-0.05, 0) is 20.8 Å². The molecule has 0 radical (unpaired) electrons. The normalized spacial score (nSPS) is 12.8. The van der Waals surface area contributed by atoms with E-state index in [1.807, 2.05) is 4.89 Å². The third-order valence-electron chi connectivity index (χ3n) is 1.41. The highest BCUT2D eigenvalue weighted by molar-refractivity contribution is 7.87. The second-order valence-electron chi connectivity index (χ2n) is 2.63. The van der Waals surface area contributed by atoms with E-state index in [0.29, 0.717) is 6.61 Å². The first-order chi connectivity index (χ1) is 5.41. The van der Waals surface area contributed by atoms with Gasteiger partial charge in [0.1, 0.15) is 0 Å². The zero-order chi connectivity index (χ0) is 9.78. The molecular formula is C6H16N2O3S. The molecule has 0 rings (SSSR count). The lowest BCUT2D eigenvalue weighted by molar-refractivity contribution is 0.0995. The summed E-state index contributed by atoms with van der Waals surface area (Å²) in [5, 5.41) is 0. The molecule has 12 heavy (non-hydrogen) atoms. The molecule has 0 heterocycles. The van der Waals surface area contributed by atoms with Gasteiger partial charge in [0.05, 0.1) is 6.61 Å². The van der Waals surface area contributed by atoms with Crippen LogP contribution in [0.4, 0.5) is 0 Å². The van der Waals surface area contributed by atoms with Gasteiger partial charge in [-0.15, -0.1) is 0 Å². The summed E-state index contributed by atoms with van der Waals surface area (Å²) in [5.74, 6) is 0. The Hall–Kier alpha value is -0.170. The molecule has 0 saturated heterocycles. The van der Waals surface area contributed by atoms with Crippen molar-refractivity contribution >= 4 is 10.2 Å². The van der Waals surface area contributed by atoms with Crippen molar-refractivity contribution in [3.05, 3.63) is 0 Å². The summed E-state index contributed by atoms with van der Waals surface area (Å²) in [7, 11) is -1.97. The third-order valence-corrected chi connectivity index (χ3v) is 2.92. The first kappa shape index (κ1) is 11.8. The fourth-order valence-corrected chi connectivity index (χ4v) is 1.41. The van der Waals surface area contributed by atoms with E-state index in [2.05, 4.69) is 4.84 Å². The number of hydrogen-bond donors (Lipinski definition) is 1. The van der Waals surface area contributed by atoms with Crippen LogP contribution in [0.2, 0.25) is 0 Å². The molecular weight excluding hydrogens is 180 g/mol. The van der Waals surface area contributed by atoms with Gasteiger partial charge in [-0.25, -0.2) is 0 Å². The van der Waals surface area contributed by atoms with Gasteiger partial charge < -0.3 is 0 Å². The van der Waals surface area contributed by atoms with Crippen LogP contribution in [0.1, 0.15) is 20.8 Å². The molecule has 0 aromatic carbocycles. The summed E-state index contributed by atoms with van der Waals surface area (Å²) in [5.41, 5.74) is 0. The minimum absolute atomic E-state index is 0.0806. The number of nitrogens with zero attached hydrogens (tertiary/aromatic N) is 1. The van der Waals surface area contributed by atoms with Crippen LogP contribution in [0.3, 0.4) is 0 Å². The number of rotatable bonds is 5. The van der Waals surface area contributed by atoms with E-state index in [9.17, 15) is 8.42 Å². The average Bonchev–Trinajstić information content (AvgIpc) is 1.99. The van der Waals surface area contributed by atoms with Crippen LogP contribution in [0, 0.1) is 0 Å². The maximum atomic E-state index is 11.2. The van der Waals surface area contributed by atoms with E-state index in [1.54, 1.807) is 20.8 Å². The van der Waals surface area contributed by atoms with Crippen molar-refractivity contribution in [1.82, 2.24) is 9.19 Å². The van der Waals surface area contributed by atoms with E-state index in [4.69, 9.17) is 0 Å². The Morgan fingerprint density at radius 2 is 2.00 bits per heavy atom. The molecule has 0 unspecified atom stereocenters. The van der Waals surface area contributed by atoms with Crippen molar-refractivity contribution in [3.8, 4) is 0 Å². The fourth-order valence-electron chi connectivity index (χ4n) is 0.470. The van der Waals surface area contributed by atoms with Crippen molar-refractivity contribution in [1.29, 1.82) is 0 Å². The number of hydrogen-bond acceptors (Lipinski definition) is 3. The van der Waals surface area contributed by atoms with Crippen molar-refractivity contribution in [2.75, 3.05) is 13.7 Å². The van der Waals surface area contributed by atoms with Gasteiger partial charge >= 0.3 is 10.2 Å². The zero-order valence-electron chi connectivity index (χ0n) is 7.86. The van der Waals surface area contributed by atoms with Crippen LogP contribution in [0.15, 0.2) is 0 Å². The Morgan fingerprint density at radius 3 is 2.33 bits per heavy atom. The van der Waals surface area contributed by atoms with Gasteiger partial charge in [-0.3, -0.25) is 4.84 Å².